The van der Waals surface area contributed by atoms with Crippen LogP contribution in [0.4, 0.5) is 5.82 Å². The molecule has 7 heteroatoms. The number of rotatable bonds is 6. The van der Waals surface area contributed by atoms with Crippen molar-refractivity contribution in [3.8, 4) is 22.8 Å². The van der Waals surface area contributed by atoms with Crippen molar-refractivity contribution >= 4 is 11.7 Å². The number of carbonyl (C=O) groups is 1. The van der Waals surface area contributed by atoms with Gasteiger partial charge in [-0.1, -0.05) is 25.1 Å². The number of aromatic nitrogens is 2. The molecule has 172 valence electrons. The van der Waals surface area contributed by atoms with Crippen LogP contribution < -0.4 is 15.8 Å². The molecule has 1 amide bonds. The first-order chi connectivity index (χ1) is 16.1. The molecule has 0 bridgehead atoms. The first-order valence-corrected chi connectivity index (χ1v) is 11.9. The number of likely N-dealkylation sites (tertiary alicyclic amines) is 1. The lowest BCUT2D eigenvalue weighted by Gasteiger charge is -2.38. The topological polar surface area (TPSA) is 85.4 Å². The van der Waals surface area contributed by atoms with E-state index in [2.05, 4.69) is 17.1 Å². The number of nitrogens with zero attached hydrogens (tertiary/aromatic N) is 3. The molecular weight excluding hydrogens is 414 g/mol. The van der Waals surface area contributed by atoms with Gasteiger partial charge < -0.3 is 20.7 Å². The number of fused-ring (bicyclic) bond motifs is 1. The van der Waals surface area contributed by atoms with E-state index < -0.39 is 5.91 Å². The second-order valence-electron chi connectivity index (χ2n) is 8.88. The zero-order valence-electron chi connectivity index (χ0n) is 19.0. The maximum absolute atomic E-state index is 12.5. The van der Waals surface area contributed by atoms with Crippen LogP contribution in [0.3, 0.4) is 0 Å². The fourth-order valence-corrected chi connectivity index (χ4v) is 5.13. The molecule has 0 saturated carbocycles. The van der Waals surface area contributed by atoms with E-state index in [1.165, 1.54) is 0 Å². The number of hydrogen-bond acceptors (Lipinski definition) is 5. The van der Waals surface area contributed by atoms with Gasteiger partial charge in [0.25, 0.3) is 5.91 Å². The van der Waals surface area contributed by atoms with Gasteiger partial charge in [0.15, 0.2) is 0 Å². The largest absolute Gasteiger partial charge is 0.457 e. The van der Waals surface area contributed by atoms with Crippen molar-refractivity contribution in [2.45, 2.75) is 32.2 Å². The van der Waals surface area contributed by atoms with Crippen LogP contribution >= 0.6 is 0 Å². The first-order valence-electron chi connectivity index (χ1n) is 11.9. The summed E-state index contributed by atoms with van der Waals surface area (Å²) in [7, 11) is 0. The summed E-state index contributed by atoms with van der Waals surface area (Å²) in [5.74, 6) is 2.37. The molecule has 0 unspecified atom stereocenters. The minimum atomic E-state index is -0.454. The molecule has 1 aromatic heterocycles. The number of carbonyl (C=O) groups excluding carboxylic acids is 1. The number of nitrogens with two attached hydrogens (primary N) is 1. The lowest BCUT2D eigenvalue weighted by Crippen LogP contribution is -2.38. The molecule has 1 fully saturated rings. The van der Waals surface area contributed by atoms with Gasteiger partial charge in [0.2, 0.25) is 0 Å². The van der Waals surface area contributed by atoms with Gasteiger partial charge in [-0.15, -0.1) is 0 Å². The van der Waals surface area contributed by atoms with Crippen LogP contribution in [0.1, 0.15) is 42.6 Å². The fraction of sp³-hybridized carbons (Fsp3) is 0.385. The lowest BCUT2D eigenvalue weighted by molar-refractivity contribution is 0.100. The summed E-state index contributed by atoms with van der Waals surface area (Å²) in [6, 6.07) is 17.6. The number of ether oxygens (including phenoxy) is 1. The number of anilines is 1. The standard InChI is InChI=1S/C26H31N5O2/c1-2-30-16-13-18(14-17-30)22-12-15-28-26-23(25(27)32)24(29-31(22)26)19-8-10-21(11-9-19)33-20-6-4-3-5-7-20/h3-11,18,22,28H,2,12-17H2,1H3,(H2,27,32)/t22-/m0/s1. The highest BCUT2D eigenvalue weighted by Gasteiger charge is 2.35. The van der Waals surface area contributed by atoms with Crippen molar-refractivity contribution in [3.63, 3.8) is 0 Å². The molecule has 0 spiro atoms. The predicted octanol–water partition coefficient (Wildman–Crippen LogP) is 4.53. The summed E-state index contributed by atoms with van der Waals surface area (Å²) in [5, 5.41) is 8.35. The summed E-state index contributed by atoms with van der Waals surface area (Å²) in [5.41, 5.74) is 7.81. The Balaban J connectivity index is 1.44. The molecule has 2 aromatic carbocycles. The summed E-state index contributed by atoms with van der Waals surface area (Å²) in [6.07, 6.45) is 3.32. The number of nitrogens with one attached hydrogen (secondary N) is 1. The predicted molar refractivity (Wildman–Crippen MR) is 130 cm³/mol. The lowest BCUT2D eigenvalue weighted by atomic mass is 9.87. The van der Waals surface area contributed by atoms with Gasteiger partial charge in [0, 0.05) is 12.1 Å². The highest BCUT2D eigenvalue weighted by atomic mass is 16.5. The van der Waals surface area contributed by atoms with Gasteiger partial charge >= 0.3 is 0 Å². The third kappa shape index (κ3) is 4.33. The molecular formula is C26H31N5O2. The molecule has 1 atom stereocenters. The zero-order chi connectivity index (χ0) is 22.8. The van der Waals surface area contributed by atoms with Gasteiger partial charge in [-0.25, -0.2) is 4.68 Å². The monoisotopic (exact) mass is 445 g/mol. The molecule has 5 rings (SSSR count). The van der Waals surface area contributed by atoms with Gasteiger partial charge in [-0.2, -0.15) is 5.10 Å². The van der Waals surface area contributed by atoms with Crippen molar-refractivity contribution in [1.29, 1.82) is 0 Å². The number of piperidine rings is 1. The molecule has 3 aromatic rings. The molecule has 7 nitrogen and oxygen atoms in total. The Morgan fingerprint density at radius 3 is 2.42 bits per heavy atom. The minimum absolute atomic E-state index is 0.285. The Morgan fingerprint density at radius 1 is 1.06 bits per heavy atom. The molecule has 2 aliphatic heterocycles. The quantitative estimate of drug-likeness (QED) is 0.582. The zero-order valence-corrected chi connectivity index (χ0v) is 19.0. The van der Waals surface area contributed by atoms with E-state index in [1.807, 2.05) is 59.3 Å². The van der Waals surface area contributed by atoms with Gasteiger partial charge in [0.05, 0.1) is 6.04 Å². The molecule has 2 aliphatic rings. The first kappa shape index (κ1) is 21.5. The van der Waals surface area contributed by atoms with Crippen molar-refractivity contribution in [3.05, 3.63) is 60.2 Å². The van der Waals surface area contributed by atoms with E-state index >= 15 is 0 Å². The Hall–Kier alpha value is -3.32. The summed E-state index contributed by atoms with van der Waals surface area (Å²) >= 11 is 0. The van der Waals surface area contributed by atoms with E-state index in [4.69, 9.17) is 15.6 Å². The average Bonchev–Trinajstić information content (AvgIpc) is 3.25. The maximum atomic E-state index is 12.5. The molecule has 3 heterocycles. The molecule has 33 heavy (non-hydrogen) atoms. The highest BCUT2D eigenvalue weighted by Crippen LogP contribution is 2.40. The fourth-order valence-electron chi connectivity index (χ4n) is 5.13. The number of amides is 1. The van der Waals surface area contributed by atoms with Crippen LogP contribution in [0.15, 0.2) is 54.6 Å². The van der Waals surface area contributed by atoms with Gasteiger partial charge in [-0.05, 0) is 81.2 Å². The number of primary amides is 1. The number of para-hydroxylation sites is 1. The van der Waals surface area contributed by atoms with Crippen molar-refractivity contribution in [1.82, 2.24) is 14.7 Å². The second kappa shape index (κ2) is 9.27. The Kier molecular flexibility index (Phi) is 6.05. The van der Waals surface area contributed by atoms with Crippen molar-refractivity contribution < 1.29 is 9.53 Å². The second-order valence-corrected chi connectivity index (χ2v) is 8.88. The summed E-state index contributed by atoms with van der Waals surface area (Å²) in [4.78, 5) is 15.0. The van der Waals surface area contributed by atoms with Crippen LogP contribution in [-0.2, 0) is 0 Å². The highest BCUT2D eigenvalue weighted by molar-refractivity contribution is 6.03. The number of benzene rings is 2. The van der Waals surface area contributed by atoms with Crippen LogP contribution in [0.2, 0.25) is 0 Å². The van der Waals surface area contributed by atoms with Gasteiger partial charge in [0.1, 0.15) is 28.6 Å². The van der Waals surface area contributed by atoms with E-state index in [-0.39, 0.29) is 6.04 Å². The Bertz CT molecular complexity index is 1100. The Labute approximate surface area is 194 Å². The normalized spacial score (nSPS) is 19.0. The molecule has 0 radical (unpaired) electrons. The Morgan fingerprint density at radius 2 is 1.76 bits per heavy atom. The van der Waals surface area contributed by atoms with E-state index in [1.54, 1.807) is 0 Å². The van der Waals surface area contributed by atoms with Crippen LogP contribution in [0.5, 0.6) is 11.5 Å². The third-order valence-electron chi connectivity index (χ3n) is 6.93. The van der Waals surface area contributed by atoms with Crippen molar-refractivity contribution in [2.24, 2.45) is 11.7 Å². The molecule has 1 saturated heterocycles. The van der Waals surface area contributed by atoms with Gasteiger partial charge in [-0.3, -0.25) is 4.79 Å². The van der Waals surface area contributed by atoms with E-state index in [9.17, 15) is 4.79 Å². The maximum Gasteiger partial charge on any atom is 0.254 e. The molecule has 0 aliphatic carbocycles. The van der Waals surface area contributed by atoms with E-state index in [0.717, 1.165) is 68.3 Å². The third-order valence-corrected chi connectivity index (χ3v) is 6.93. The average molecular weight is 446 g/mol. The minimum Gasteiger partial charge on any atom is -0.457 e. The number of hydrogen-bond donors (Lipinski definition) is 2. The SMILES string of the molecule is CCN1CCC([C@@H]2CCNc3c(C(N)=O)c(-c4ccc(Oc5ccccc5)cc4)nn32)CC1. The molecule has 3 N–H and O–H groups in total. The van der Waals surface area contributed by atoms with Crippen LogP contribution in [0.25, 0.3) is 11.3 Å². The van der Waals surface area contributed by atoms with Crippen molar-refractivity contribution in [2.75, 3.05) is 31.5 Å². The summed E-state index contributed by atoms with van der Waals surface area (Å²) in [6.45, 7) is 6.40. The smallest absolute Gasteiger partial charge is 0.254 e. The van der Waals surface area contributed by atoms with Crippen LogP contribution in [-0.4, -0.2) is 46.8 Å². The van der Waals surface area contributed by atoms with E-state index in [0.29, 0.717) is 17.2 Å². The summed E-state index contributed by atoms with van der Waals surface area (Å²) < 4.78 is 7.95. The van der Waals surface area contributed by atoms with Crippen LogP contribution in [0, 0.1) is 5.92 Å².